The van der Waals surface area contributed by atoms with Crippen molar-refractivity contribution in [2.24, 2.45) is 0 Å². The second-order valence-corrected chi connectivity index (χ2v) is 6.08. The number of hydrogen-bond donors (Lipinski definition) is 3. The highest BCUT2D eigenvalue weighted by Gasteiger charge is 2.17. The van der Waals surface area contributed by atoms with E-state index in [4.69, 9.17) is 10.8 Å². The smallest absolute Gasteiger partial charge is 0.262 e. The maximum atomic E-state index is 12.3. The zero-order valence-corrected chi connectivity index (χ0v) is 11.8. The molecule has 2 rings (SSSR count). The molecule has 0 bridgehead atoms. The van der Waals surface area contributed by atoms with Crippen molar-refractivity contribution in [1.82, 2.24) is 0 Å². The number of aliphatic hydroxyl groups excluding tert-OH is 1. The molecule has 0 heterocycles. The van der Waals surface area contributed by atoms with Gasteiger partial charge in [0.15, 0.2) is 0 Å². The summed E-state index contributed by atoms with van der Waals surface area (Å²) in [7, 11) is -3.68. The summed E-state index contributed by atoms with van der Waals surface area (Å²) in [6, 6.07) is 11.3. The highest BCUT2D eigenvalue weighted by Crippen LogP contribution is 2.23. The molecule has 20 heavy (non-hydrogen) atoms. The molecule has 2 aromatic carbocycles. The summed E-state index contributed by atoms with van der Waals surface area (Å²) in [6.45, 7) is 1.58. The Hall–Kier alpha value is -2.05. The Balaban J connectivity index is 2.33. The van der Waals surface area contributed by atoms with Gasteiger partial charge in [-0.1, -0.05) is 18.2 Å². The lowest BCUT2D eigenvalue weighted by Gasteiger charge is -2.12. The van der Waals surface area contributed by atoms with Crippen LogP contribution in [0.4, 0.5) is 11.4 Å². The van der Waals surface area contributed by atoms with Gasteiger partial charge in [0.25, 0.3) is 10.0 Å². The summed E-state index contributed by atoms with van der Waals surface area (Å²) in [5.41, 5.74) is 7.83. The van der Waals surface area contributed by atoms with E-state index in [0.29, 0.717) is 22.5 Å². The zero-order chi connectivity index (χ0) is 14.8. The van der Waals surface area contributed by atoms with Crippen LogP contribution in [0.25, 0.3) is 0 Å². The van der Waals surface area contributed by atoms with E-state index in [0.717, 1.165) is 0 Å². The van der Waals surface area contributed by atoms with Gasteiger partial charge in [0, 0.05) is 11.4 Å². The number of benzene rings is 2. The van der Waals surface area contributed by atoms with Crippen LogP contribution in [0.5, 0.6) is 0 Å². The third-order valence-corrected chi connectivity index (χ3v) is 4.53. The normalized spacial score (nSPS) is 11.3. The van der Waals surface area contributed by atoms with Crippen LogP contribution in [0.3, 0.4) is 0 Å². The fourth-order valence-corrected chi connectivity index (χ4v) is 3.15. The molecule has 0 saturated heterocycles. The van der Waals surface area contributed by atoms with Crippen LogP contribution in [-0.4, -0.2) is 13.5 Å². The maximum Gasteiger partial charge on any atom is 0.262 e. The molecule has 0 atom stereocenters. The Morgan fingerprint density at radius 3 is 2.40 bits per heavy atom. The van der Waals surface area contributed by atoms with Gasteiger partial charge >= 0.3 is 0 Å². The van der Waals surface area contributed by atoms with Crippen molar-refractivity contribution < 1.29 is 13.5 Å². The zero-order valence-electron chi connectivity index (χ0n) is 11.0. The molecule has 0 radical (unpaired) electrons. The van der Waals surface area contributed by atoms with E-state index in [1.165, 1.54) is 6.07 Å². The van der Waals surface area contributed by atoms with Crippen LogP contribution in [0.2, 0.25) is 0 Å². The molecule has 0 spiro atoms. The third-order valence-electron chi connectivity index (χ3n) is 3.00. The van der Waals surface area contributed by atoms with Gasteiger partial charge in [0.1, 0.15) is 0 Å². The van der Waals surface area contributed by atoms with Crippen LogP contribution >= 0.6 is 0 Å². The van der Waals surface area contributed by atoms with Crippen LogP contribution in [-0.2, 0) is 16.6 Å². The lowest BCUT2D eigenvalue weighted by molar-refractivity contribution is 0.282. The third kappa shape index (κ3) is 2.92. The number of nitrogens with one attached hydrogen (secondary N) is 1. The van der Waals surface area contributed by atoms with Crippen molar-refractivity contribution in [3.05, 3.63) is 53.6 Å². The molecule has 5 nitrogen and oxygen atoms in total. The van der Waals surface area contributed by atoms with Crippen molar-refractivity contribution in [3.63, 3.8) is 0 Å². The SMILES string of the molecule is Cc1c(N)cccc1S(=O)(=O)Nc1ccc(CO)cc1. The van der Waals surface area contributed by atoms with Crippen LogP contribution in [0.15, 0.2) is 47.4 Å². The monoisotopic (exact) mass is 292 g/mol. The summed E-state index contributed by atoms with van der Waals surface area (Å²) < 4.78 is 27.1. The van der Waals surface area contributed by atoms with Crippen molar-refractivity contribution in [3.8, 4) is 0 Å². The van der Waals surface area contributed by atoms with Crippen molar-refractivity contribution in [1.29, 1.82) is 0 Å². The number of anilines is 2. The number of rotatable bonds is 4. The van der Waals surface area contributed by atoms with Gasteiger partial charge in [0.05, 0.1) is 11.5 Å². The molecule has 6 heteroatoms. The Labute approximate surface area is 118 Å². The first-order chi connectivity index (χ1) is 9.44. The summed E-state index contributed by atoms with van der Waals surface area (Å²) in [6.07, 6.45) is 0. The van der Waals surface area contributed by atoms with Gasteiger partial charge in [0.2, 0.25) is 0 Å². The van der Waals surface area contributed by atoms with E-state index in [2.05, 4.69) is 4.72 Å². The Morgan fingerprint density at radius 2 is 1.80 bits per heavy atom. The second kappa shape index (κ2) is 5.52. The van der Waals surface area contributed by atoms with E-state index in [1.807, 2.05) is 0 Å². The fourth-order valence-electron chi connectivity index (χ4n) is 1.81. The quantitative estimate of drug-likeness (QED) is 0.750. The van der Waals surface area contributed by atoms with E-state index in [9.17, 15) is 8.42 Å². The summed E-state index contributed by atoms with van der Waals surface area (Å²) in [4.78, 5) is 0.156. The number of aliphatic hydroxyl groups is 1. The first-order valence-corrected chi connectivity index (χ1v) is 7.50. The first kappa shape index (κ1) is 14.4. The molecule has 0 aliphatic rings. The van der Waals surface area contributed by atoms with E-state index in [1.54, 1.807) is 43.3 Å². The second-order valence-electron chi connectivity index (χ2n) is 4.43. The molecular formula is C14H16N2O3S. The lowest BCUT2D eigenvalue weighted by Crippen LogP contribution is -2.14. The van der Waals surface area contributed by atoms with Crippen molar-refractivity contribution in [2.45, 2.75) is 18.4 Å². The minimum absolute atomic E-state index is 0.0820. The molecule has 0 aliphatic heterocycles. The number of nitrogen functional groups attached to an aromatic ring is 1. The van der Waals surface area contributed by atoms with Gasteiger partial charge in [-0.2, -0.15) is 0 Å². The number of hydrogen-bond acceptors (Lipinski definition) is 4. The molecule has 106 valence electrons. The molecular weight excluding hydrogens is 276 g/mol. The average molecular weight is 292 g/mol. The molecule has 2 aromatic rings. The highest BCUT2D eigenvalue weighted by molar-refractivity contribution is 7.92. The molecule has 0 aromatic heterocycles. The van der Waals surface area contributed by atoms with Crippen LogP contribution < -0.4 is 10.5 Å². The van der Waals surface area contributed by atoms with Gasteiger partial charge in [-0.15, -0.1) is 0 Å². The van der Waals surface area contributed by atoms with Crippen molar-refractivity contribution in [2.75, 3.05) is 10.5 Å². The van der Waals surface area contributed by atoms with Gasteiger partial charge in [-0.3, -0.25) is 4.72 Å². The van der Waals surface area contributed by atoms with E-state index < -0.39 is 10.0 Å². The van der Waals surface area contributed by atoms with E-state index >= 15 is 0 Å². The maximum absolute atomic E-state index is 12.3. The van der Waals surface area contributed by atoms with Crippen LogP contribution in [0.1, 0.15) is 11.1 Å². The Kier molecular flexibility index (Phi) is 3.96. The van der Waals surface area contributed by atoms with Crippen molar-refractivity contribution >= 4 is 21.4 Å². The molecule has 0 aliphatic carbocycles. The summed E-state index contributed by atoms with van der Waals surface area (Å²) in [5, 5.41) is 8.95. The standard InChI is InChI=1S/C14H16N2O3S/c1-10-13(15)3-2-4-14(10)20(18,19)16-12-7-5-11(9-17)6-8-12/h2-8,16-17H,9,15H2,1H3. The van der Waals surface area contributed by atoms with Gasteiger partial charge < -0.3 is 10.8 Å². The Bertz CT molecular complexity index is 710. The minimum atomic E-state index is -3.68. The fraction of sp³-hybridized carbons (Fsp3) is 0.143. The summed E-state index contributed by atoms with van der Waals surface area (Å²) >= 11 is 0. The van der Waals surface area contributed by atoms with Crippen LogP contribution in [0, 0.1) is 6.92 Å². The number of nitrogens with two attached hydrogens (primary N) is 1. The Morgan fingerprint density at radius 1 is 1.15 bits per heavy atom. The van der Waals surface area contributed by atoms with Gasteiger partial charge in [-0.05, 0) is 42.3 Å². The van der Waals surface area contributed by atoms with E-state index in [-0.39, 0.29) is 11.5 Å². The molecule has 0 saturated carbocycles. The average Bonchev–Trinajstić information content (AvgIpc) is 2.42. The predicted octanol–water partition coefficient (Wildman–Crippen LogP) is 1.87. The largest absolute Gasteiger partial charge is 0.398 e. The molecule has 4 N–H and O–H groups in total. The topological polar surface area (TPSA) is 92.4 Å². The molecule has 0 amide bonds. The molecule has 0 unspecified atom stereocenters. The number of sulfonamides is 1. The first-order valence-electron chi connectivity index (χ1n) is 6.02. The summed E-state index contributed by atoms with van der Waals surface area (Å²) in [5.74, 6) is 0. The lowest BCUT2D eigenvalue weighted by atomic mass is 10.2. The predicted molar refractivity (Wildman–Crippen MR) is 78.8 cm³/mol. The minimum Gasteiger partial charge on any atom is -0.398 e. The molecule has 0 fully saturated rings. The van der Waals surface area contributed by atoms with Gasteiger partial charge in [-0.25, -0.2) is 8.42 Å². The highest BCUT2D eigenvalue weighted by atomic mass is 32.2.